The monoisotopic (exact) mass is 232 g/mol. The molecule has 0 bridgehead atoms. The SMILES string of the molecule is CC1c2cccnc2[C@H]2CCCN2[C@@H]1C(=O)O. The molecule has 2 aliphatic rings. The van der Waals surface area contributed by atoms with Crippen LogP contribution in [0.25, 0.3) is 0 Å². The Balaban J connectivity index is 2.12. The number of fused-ring (bicyclic) bond motifs is 3. The molecule has 1 N–H and O–H groups in total. The summed E-state index contributed by atoms with van der Waals surface area (Å²) >= 11 is 0. The zero-order valence-electron chi connectivity index (χ0n) is 9.84. The molecular formula is C13H16N2O2. The molecule has 1 fully saturated rings. The predicted octanol–water partition coefficient (Wildman–Crippen LogP) is 1.79. The van der Waals surface area contributed by atoms with Gasteiger partial charge in [-0.2, -0.15) is 0 Å². The number of aliphatic carboxylic acids is 1. The zero-order valence-corrected chi connectivity index (χ0v) is 9.84. The Morgan fingerprint density at radius 3 is 3.18 bits per heavy atom. The summed E-state index contributed by atoms with van der Waals surface area (Å²) < 4.78 is 0. The number of carbonyl (C=O) groups is 1. The van der Waals surface area contributed by atoms with E-state index in [2.05, 4.69) is 9.88 Å². The lowest BCUT2D eigenvalue weighted by molar-refractivity contribution is -0.145. The van der Waals surface area contributed by atoms with E-state index in [0.29, 0.717) is 0 Å². The molecule has 1 aromatic rings. The minimum atomic E-state index is -0.709. The van der Waals surface area contributed by atoms with Crippen LogP contribution < -0.4 is 0 Å². The summed E-state index contributed by atoms with van der Waals surface area (Å²) in [6, 6.07) is 3.75. The van der Waals surface area contributed by atoms with Crippen LogP contribution in [0.2, 0.25) is 0 Å². The lowest BCUT2D eigenvalue weighted by Crippen LogP contribution is -2.47. The maximum absolute atomic E-state index is 11.5. The standard InChI is InChI=1S/C13H16N2O2/c1-8-9-4-2-6-14-11(9)10-5-3-7-15(10)12(8)13(16)17/h2,4,6,8,10,12H,3,5,7H2,1H3,(H,16,17)/t8?,10-,12+/m1/s1. The van der Waals surface area contributed by atoms with Crippen molar-refractivity contribution in [1.82, 2.24) is 9.88 Å². The van der Waals surface area contributed by atoms with Crippen molar-refractivity contribution in [2.45, 2.75) is 37.8 Å². The predicted molar refractivity (Wildman–Crippen MR) is 62.8 cm³/mol. The molecule has 0 amide bonds. The third-order valence-electron chi connectivity index (χ3n) is 4.06. The van der Waals surface area contributed by atoms with Crippen LogP contribution in [-0.4, -0.2) is 33.5 Å². The topological polar surface area (TPSA) is 53.4 Å². The van der Waals surface area contributed by atoms with Gasteiger partial charge in [-0.1, -0.05) is 13.0 Å². The summed E-state index contributed by atoms with van der Waals surface area (Å²) in [4.78, 5) is 18.0. The van der Waals surface area contributed by atoms with E-state index < -0.39 is 5.97 Å². The van der Waals surface area contributed by atoms with Crippen LogP contribution in [0.1, 0.15) is 43.0 Å². The van der Waals surface area contributed by atoms with Crippen molar-refractivity contribution in [3.8, 4) is 0 Å². The Bertz CT molecular complexity index is 460. The fourth-order valence-corrected chi connectivity index (χ4v) is 3.32. The average molecular weight is 232 g/mol. The van der Waals surface area contributed by atoms with Crippen molar-refractivity contribution in [3.05, 3.63) is 29.6 Å². The lowest BCUT2D eigenvalue weighted by Gasteiger charge is -2.40. The van der Waals surface area contributed by atoms with Gasteiger partial charge in [-0.3, -0.25) is 14.7 Å². The van der Waals surface area contributed by atoms with E-state index in [-0.39, 0.29) is 18.0 Å². The highest BCUT2D eigenvalue weighted by atomic mass is 16.4. The molecule has 3 atom stereocenters. The molecule has 17 heavy (non-hydrogen) atoms. The molecule has 90 valence electrons. The van der Waals surface area contributed by atoms with E-state index in [1.807, 2.05) is 25.3 Å². The first-order chi connectivity index (χ1) is 8.20. The number of carboxylic acids is 1. The highest BCUT2D eigenvalue weighted by Crippen LogP contribution is 2.44. The Kier molecular flexibility index (Phi) is 2.40. The van der Waals surface area contributed by atoms with Gasteiger partial charge in [-0.05, 0) is 31.0 Å². The number of nitrogens with zero attached hydrogens (tertiary/aromatic N) is 2. The Morgan fingerprint density at radius 2 is 2.41 bits per heavy atom. The molecule has 1 saturated heterocycles. The van der Waals surface area contributed by atoms with Gasteiger partial charge in [0.1, 0.15) is 6.04 Å². The van der Waals surface area contributed by atoms with Crippen molar-refractivity contribution in [2.24, 2.45) is 0 Å². The minimum absolute atomic E-state index is 0.0190. The number of hydrogen-bond donors (Lipinski definition) is 1. The van der Waals surface area contributed by atoms with Crippen LogP contribution in [0.5, 0.6) is 0 Å². The van der Waals surface area contributed by atoms with Crippen molar-refractivity contribution in [2.75, 3.05) is 6.54 Å². The molecule has 3 rings (SSSR count). The first kappa shape index (κ1) is 10.7. The number of hydrogen-bond acceptors (Lipinski definition) is 3. The van der Waals surface area contributed by atoms with E-state index in [1.54, 1.807) is 0 Å². The van der Waals surface area contributed by atoms with E-state index in [4.69, 9.17) is 0 Å². The summed E-state index contributed by atoms with van der Waals surface area (Å²) in [6.07, 6.45) is 3.90. The number of pyridine rings is 1. The average Bonchev–Trinajstić information content (AvgIpc) is 2.78. The Hall–Kier alpha value is -1.42. The number of aromatic nitrogens is 1. The maximum Gasteiger partial charge on any atom is 0.321 e. The largest absolute Gasteiger partial charge is 0.480 e. The molecule has 2 aliphatic heterocycles. The highest BCUT2D eigenvalue weighted by molar-refractivity contribution is 5.75. The summed E-state index contributed by atoms with van der Waals surface area (Å²) in [6.45, 7) is 2.87. The third-order valence-corrected chi connectivity index (χ3v) is 4.06. The molecule has 3 heterocycles. The lowest BCUT2D eigenvalue weighted by atomic mass is 9.84. The molecule has 0 saturated carbocycles. The Morgan fingerprint density at radius 1 is 1.59 bits per heavy atom. The van der Waals surface area contributed by atoms with E-state index in [1.165, 1.54) is 0 Å². The van der Waals surface area contributed by atoms with E-state index in [9.17, 15) is 9.90 Å². The highest BCUT2D eigenvalue weighted by Gasteiger charge is 2.45. The minimum Gasteiger partial charge on any atom is -0.480 e. The maximum atomic E-state index is 11.5. The van der Waals surface area contributed by atoms with Gasteiger partial charge < -0.3 is 5.11 Å². The molecule has 1 unspecified atom stereocenters. The molecular weight excluding hydrogens is 216 g/mol. The van der Waals surface area contributed by atoms with Crippen LogP contribution >= 0.6 is 0 Å². The molecule has 4 heteroatoms. The summed E-state index contributed by atoms with van der Waals surface area (Å²) in [7, 11) is 0. The normalized spacial score (nSPS) is 31.9. The van der Waals surface area contributed by atoms with Crippen molar-refractivity contribution >= 4 is 5.97 Å². The summed E-state index contributed by atoms with van der Waals surface area (Å²) in [5.74, 6) is -0.690. The van der Waals surface area contributed by atoms with E-state index in [0.717, 1.165) is 30.6 Å². The summed E-state index contributed by atoms with van der Waals surface area (Å²) in [5, 5.41) is 9.42. The van der Waals surface area contributed by atoms with Gasteiger partial charge in [0.05, 0.1) is 11.7 Å². The molecule has 0 aromatic carbocycles. The fourth-order valence-electron chi connectivity index (χ4n) is 3.32. The second kappa shape index (κ2) is 3.81. The molecule has 0 spiro atoms. The van der Waals surface area contributed by atoms with Crippen molar-refractivity contribution in [1.29, 1.82) is 0 Å². The fraction of sp³-hybridized carbons (Fsp3) is 0.538. The second-order valence-corrected chi connectivity index (χ2v) is 4.95. The number of carboxylic acid groups (broad SMARTS) is 1. The van der Waals surface area contributed by atoms with Gasteiger partial charge in [0.2, 0.25) is 0 Å². The van der Waals surface area contributed by atoms with Crippen molar-refractivity contribution in [3.63, 3.8) is 0 Å². The van der Waals surface area contributed by atoms with Gasteiger partial charge in [0.25, 0.3) is 0 Å². The van der Waals surface area contributed by atoms with Crippen molar-refractivity contribution < 1.29 is 9.90 Å². The van der Waals surface area contributed by atoms with Crippen LogP contribution in [0.3, 0.4) is 0 Å². The van der Waals surface area contributed by atoms with Crippen LogP contribution in [0.4, 0.5) is 0 Å². The summed E-state index contributed by atoms with van der Waals surface area (Å²) in [5.41, 5.74) is 2.21. The first-order valence-corrected chi connectivity index (χ1v) is 6.13. The van der Waals surface area contributed by atoms with Crippen LogP contribution in [0, 0.1) is 0 Å². The van der Waals surface area contributed by atoms with Gasteiger partial charge >= 0.3 is 5.97 Å². The molecule has 0 aliphatic carbocycles. The van der Waals surface area contributed by atoms with Gasteiger partial charge in [-0.15, -0.1) is 0 Å². The smallest absolute Gasteiger partial charge is 0.321 e. The molecule has 0 radical (unpaired) electrons. The zero-order chi connectivity index (χ0) is 12.0. The Labute approximate surface area is 100 Å². The van der Waals surface area contributed by atoms with E-state index >= 15 is 0 Å². The number of rotatable bonds is 1. The third kappa shape index (κ3) is 1.47. The van der Waals surface area contributed by atoms with Crippen LogP contribution in [-0.2, 0) is 4.79 Å². The van der Waals surface area contributed by atoms with Gasteiger partial charge in [-0.25, -0.2) is 0 Å². The molecule has 4 nitrogen and oxygen atoms in total. The van der Waals surface area contributed by atoms with Crippen LogP contribution in [0.15, 0.2) is 18.3 Å². The molecule has 1 aromatic heterocycles. The second-order valence-electron chi connectivity index (χ2n) is 4.95. The first-order valence-electron chi connectivity index (χ1n) is 6.13. The quantitative estimate of drug-likeness (QED) is 0.802. The van der Waals surface area contributed by atoms with Gasteiger partial charge in [0, 0.05) is 12.1 Å². The van der Waals surface area contributed by atoms with Gasteiger partial charge in [0.15, 0.2) is 0 Å².